The Morgan fingerprint density at radius 1 is 1.29 bits per heavy atom. The van der Waals surface area contributed by atoms with Crippen LogP contribution in [0.25, 0.3) is 11.0 Å². The second kappa shape index (κ2) is 9.27. The van der Waals surface area contributed by atoms with Crippen LogP contribution in [0.2, 0.25) is 0 Å². The molecule has 0 atom stereocenters. The van der Waals surface area contributed by atoms with Gasteiger partial charge in [-0.1, -0.05) is 23.9 Å². The van der Waals surface area contributed by atoms with E-state index >= 15 is 0 Å². The predicted octanol–water partition coefficient (Wildman–Crippen LogP) is 3.60. The van der Waals surface area contributed by atoms with Gasteiger partial charge in [0.15, 0.2) is 16.7 Å². The van der Waals surface area contributed by atoms with E-state index in [0.717, 1.165) is 16.6 Å². The van der Waals surface area contributed by atoms with E-state index in [2.05, 4.69) is 20.5 Å². The van der Waals surface area contributed by atoms with Crippen LogP contribution in [0.1, 0.15) is 19.4 Å². The number of ether oxygens (including phenoxy) is 2. The Hall–Kier alpha value is -3.00. The molecule has 1 aromatic heterocycles. The first-order valence-corrected chi connectivity index (χ1v) is 9.78. The zero-order valence-corrected chi connectivity index (χ0v) is 16.7. The monoisotopic (exact) mass is 398 g/mol. The van der Waals surface area contributed by atoms with E-state index in [9.17, 15) is 4.79 Å². The van der Waals surface area contributed by atoms with Gasteiger partial charge in [0.1, 0.15) is 0 Å². The zero-order valence-electron chi connectivity index (χ0n) is 15.9. The number of para-hydroxylation sites is 2. The SMILES string of the molecule is COc1ccc(/C=N\NC(=O)CSc2nc3ccccc3[nH]2)cc1OC(C)C. The summed E-state index contributed by atoms with van der Waals surface area (Å²) in [6.07, 6.45) is 1.59. The van der Waals surface area contributed by atoms with Crippen molar-refractivity contribution in [3.8, 4) is 11.5 Å². The van der Waals surface area contributed by atoms with Crippen LogP contribution in [0, 0.1) is 0 Å². The summed E-state index contributed by atoms with van der Waals surface area (Å²) in [5, 5.41) is 4.71. The number of thioether (sulfide) groups is 1. The second-order valence-corrected chi connectivity index (χ2v) is 7.18. The van der Waals surface area contributed by atoms with Crippen molar-refractivity contribution >= 4 is 34.9 Å². The summed E-state index contributed by atoms with van der Waals surface area (Å²) < 4.78 is 11.0. The number of hydrogen-bond donors (Lipinski definition) is 2. The standard InChI is InChI=1S/C20H22N4O3S/c1-13(2)27-18-10-14(8-9-17(18)26-3)11-21-24-19(25)12-28-20-22-15-6-4-5-7-16(15)23-20/h4-11,13H,12H2,1-3H3,(H,22,23)(H,24,25)/b21-11-. The van der Waals surface area contributed by atoms with E-state index < -0.39 is 0 Å². The van der Waals surface area contributed by atoms with Crippen LogP contribution in [-0.4, -0.2) is 41.1 Å². The molecule has 3 rings (SSSR count). The average molecular weight is 398 g/mol. The summed E-state index contributed by atoms with van der Waals surface area (Å²) in [4.78, 5) is 19.6. The summed E-state index contributed by atoms with van der Waals surface area (Å²) in [6.45, 7) is 3.89. The smallest absolute Gasteiger partial charge is 0.250 e. The Morgan fingerprint density at radius 2 is 2.11 bits per heavy atom. The van der Waals surface area contributed by atoms with E-state index in [-0.39, 0.29) is 17.8 Å². The van der Waals surface area contributed by atoms with Gasteiger partial charge in [-0.2, -0.15) is 5.10 Å². The van der Waals surface area contributed by atoms with E-state index in [1.807, 2.05) is 50.2 Å². The molecule has 3 aromatic rings. The third kappa shape index (κ3) is 5.26. The topological polar surface area (TPSA) is 88.6 Å². The molecule has 0 spiro atoms. The molecule has 0 aliphatic rings. The molecule has 0 saturated carbocycles. The predicted molar refractivity (Wildman–Crippen MR) is 111 cm³/mol. The minimum atomic E-state index is -0.214. The van der Waals surface area contributed by atoms with Crippen LogP contribution in [-0.2, 0) is 4.79 Å². The highest BCUT2D eigenvalue weighted by molar-refractivity contribution is 7.99. The van der Waals surface area contributed by atoms with Crippen molar-refractivity contribution in [3.63, 3.8) is 0 Å². The quantitative estimate of drug-likeness (QED) is 0.344. The number of amides is 1. The average Bonchev–Trinajstić information content (AvgIpc) is 3.09. The number of benzene rings is 2. The molecule has 146 valence electrons. The second-order valence-electron chi connectivity index (χ2n) is 6.22. The molecule has 0 saturated heterocycles. The fraction of sp³-hybridized carbons (Fsp3) is 0.250. The molecule has 0 fully saturated rings. The van der Waals surface area contributed by atoms with Gasteiger partial charge in [-0.3, -0.25) is 4.79 Å². The van der Waals surface area contributed by atoms with Crippen molar-refractivity contribution in [2.24, 2.45) is 5.10 Å². The van der Waals surface area contributed by atoms with Crippen molar-refractivity contribution < 1.29 is 14.3 Å². The fourth-order valence-electron chi connectivity index (χ4n) is 2.46. The van der Waals surface area contributed by atoms with Crippen LogP contribution in [0.15, 0.2) is 52.7 Å². The summed E-state index contributed by atoms with van der Waals surface area (Å²) in [5.74, 6) is 1.28. The number of carbonyl (C=O) groups excluding carboxylic acids is 1. The first-order valence-electron chi connectivity index (χ1n) is 8.79. The van der Waals surface area contributed by atoms with Crippen LogP contribution < -0.4 is 14.9 Å². The van der Waals surface area contributed by atoms with E-state index in [0.29, 0.717) is 16.7 Å². The summed E-state index contributed by atoms with van der Waals surface area (Å²) in [5.41, 5.74) is 5.14. The van der Waals surface area contributed by atoms with Crippen LogP contribution in [0.3, 0.4) is 0 Å². The van der Waals surface area contributed by atoms with Gasteiger partial charge in [0.2, 0.25) is 0 Å². The van der Waals surface area contributed by atoms with Crippen molar-refractivity contribution in [1.29, 1.82) is 0 Å². The van der Waals surface area contributed by atoms with Crippen LogP contribution in [0.4, 0.5) is 0 Å². The van der Waals surface area contributed by atoms with Gasteiger partial charge in [0.05, 0.1) is 36.2 Å². The minimum Gasteiger partial charge on any atom is -0.493 e. The number of imidazole rings is 1. The normalized spacial score (nSPS) is 11.3. The Labute approximate surface area is 167 Å². The number of nitrogens with one attached hydrogen (secondary N) is 2. The lowest BCUT2D eigenvalue weighted by molar-refractivity contribution is -0.118. The third-order valence-corrected chi connectivity index (χ3v) is 4.53. The summed E-state index contributed by atoms with van der Waals surface area (Å²) >= 11 is 1.33. The van der Waals surface area contributed by atoms with E-state index in [4.69, 9.17) is 9.47 Å². The number of aromatic amines is 1. The highest BCUT2D eigenvalue weighted by atomic mass is 32.2. The maximum Gasteiger partial charge on any atom is 0.250 e. The zero-order chi connectivity index (χ0) is 19.9. The Kier molecular flexibility index (Phi) is 6.54. The van der Waals surface area contributed by atoms with Gasteiger partial charge in [0, 0.05) is 0 Å². The third-order valence-electron chi connectivity index (χ3n) is 3.66. The van der Waals surface area contributed by atoms with E-state index in [1.54, 1.807) is 19.4 Å². The number of carbonyl (C=O) groups is 1. The molecule has 28 heavy (non-hydrogen) atoms. The first-order chi connectivity index (χ1) is 13.5. The molecule has 2 N–H and O–H groups in total. The summed E-state index contributed by atoms with van der Waals surface area (Å²) in [7, 11) is 1.59. The molecule has 0 unspecified atom stereocenters. The van der Waals surface area contributed by atoms with Crippen molar-refractivity contribution in [2.45, 2.75) is 25.1 Å². The molecular formula is C20H22N4O3S. The molecule has 2 aromatic carbocycles. The van der Waals surface area contributed by atoms with Crippen LogP contribution >= 0.6 is 11.8 Å². The number of methoxy groups -OCH3 is 1. The number of hydrogen-bond acceptors (Lipinski definition) is 6. The molecule has 1 heterocycles. The number of aromatic nitrogens is 2. The highest BCUT2D eigenvalue weighted by Gasteiger charge is 2.08. The van der Waals surface area contributed by atoms with Crippen molar-refractivity contribution in [2.75, 3.05) is 12.9 Å². The Bertz CT molecular complexity index is 951. The lowest BCUT2D eigenvalue weighted by Crippen LogP contribution is -2.19. The number of fused-ring (bicyclic) bond motifs is 1. The molecule has 8 heteroatoms. The van der Waals surface area contributed by atoms with Gasteiger partial charge in [-0.25, -0.2) is 10.4 Å². The van der Waals surface area contributed by atoms with Gasteiger partial charge >= 0.3 is 0 Å². The molecule has 0 aliphatic heterocycles. The number of H-pyrrole nitrogens is 1. The largest absolute Gasteiger partial charge is 0.493 e. The van der Waals surface area contributed by atoms with Gasteiger partial charge in [-0.05, 0) is 49.7 Å². The van der Waals surface area contributed by atoms with Crippen LogP contribution in [0.5, 0.6) is 11.5 Å². The molecule has 0 aliphatic carbocycles. The minimum absolute atomic E-state index is 0.0241. The van der Waals surface area contributed by atoms with E-state index in [1.165, 1.54) is 11.8 Å². The highest BCUT2D eigenvalue weighted by Crippen LogP contribution is 2.28. The van der Waals surface area contributed by atoms with Crippen molar-refractivity contribution in [1.82, 2.24) is 15.4 Å². The first kappa shape index (κ1) is 19.8. The number of rotatable bonds is 8. The lowest BCUT2D eigenvalue weighted by Gasteiger charge is -2.13. The molecule has 0 bridgehead atoms. The summed E-state index contributed by atoms with van der Waals surface area (Å²) in [6, 6.07) is 13.2. The maximum absolute atomic E-state index is 12.0. The van der Waals surface area contributed by atoms with Crippen molar-refractivity contribution in [3.05, 3.63) is 48.0 Å². The molecular weight excluding hydrogens is 376 g/mol. The number of hydrazone groups is 1. The van der Waals surface area contributed by atoms with Gasteiger partial charge in [0.25, 0.3) is 5.91 Å². The Balaban J connectivity index is 1.54. The molecule has 1 amide bonds. The van der Waals surface area contributed by atoms with Gasteiger partial charge < -0.3 is 14.5 Å². The van der Waals surface area contributed by atoms with Gasteiger partial charge in [-0.15, -0.1) is 0 Å². The molecule has 7 nitrogen and oxygen atoms in total. The molecule has 0 radical (unpaired) electrons. The fourth-order valence-corrected chi connectivity index (χ4v) is 3.14. The number of nitrogens with zero attached hydrogens (tertiary/aromatic N) is 2. The lowest BCUT2D eigenvalue weighted by atomic mass is 10.2. The maximum atomic E-state index is 12.0. The Morgan fingerprint density at radius 3 is 2.86 bits per heavy atom.